The van der Waals surface area contributed by atoms with E-state index in [9.17, 15) is 4.79 Å². The third-order valence-corrected chi connectivity index (χ3v) is 7.19. The number of benzene rings is 1. The average Bonchev–Trinajstić information content (AvgIpc) is 3.18. The van der Waals surface area contributed by atoms with Gasteiger partial charge in [-0.1, -0.05) is 35.4 Å². The van der Waals surface area contributed by atoms with Gasteiger partial charge in [0.15, 0.2) is 0 Å². The average molecular weight is 448 g/mol. The number of carbonyl (C=O) groups excluding carboxylic acids is 1. The molecule has 6 nitrogen and oxygen atoms in total. The van der Waals surface area contributed by atoms with Gasteiger partial charge in [-0.3, -0.25) is 4.79 Å². The number of nitrogens with zero attached hydrogens (tertiary/aromatic N) is 3. The molecular formula is C27H33N3O3. The van der Waals surface area contributed by atoms with Gasteiger partial charge in [0.05, 0.1) is 24.1 Å². The summed E-state index contributed by atoms with van der Waals surface area (Å²) in [5.41, 5.74) is 5.39. The highest BCUT2D eigenvalue weighted by Crippen LogP contribution is 2.38. The molecule has 1 amide bonds. The molecule has 2 fully saturated rings. The van der Waals surface area contributed by atoms with Crippen LogP contribution >= 0.6 is 0 Å². The van der Waals surface area contributed by atoms with Gasteiger partial charge in [-0.15, -0.1) is 0 Å². The minimum atomic E-state index is -0.518. The first-order valence-corrected chi connectivity index (χ1v) is 12.0. The summed E-state index contributed by atoms with van der Waals surface area (Å²) in [6.45, 7) is 8.06. The van der Waals surface area contributed by atoms with Crippen LogP contribution in [0.2, 0.25) is 0 Å². The summed E-state index contributed by atoms with van der Waals surface area (Å²) < 4.78 is 13.6. The minimum absolute atomic E-state index is 0.230. The number of aryl methyl sites for hydroxylation is 2. The molecule has 5 rings (SSSR count). The van der Waals surface area contributed by atoms with Gasteiger partial charge in [0, 0.05) is 44.6 Å². The van der Waals surface area contributed by atoms with Gasteiger partial charge in [-0.05, 0) is 56.4 Å². The second-order valence-corrected chi connectivity index (χ2v) is 9.66. The van der Waals surface area contributed by atoms with Gasteiger partial charge in [0.2, 0.25) is 5.91 Å². The summed E-state index contributed by atoms with van der Waals surface area (Å²) in [6.07, 6.45) is 6.12. The quantitative estimate of drug-likeness (QED) is 0.612. The van der Waals surface area contributed by atoms with E-state index in [1.54, 1.807) is 0 Å². The van der Waals surface area contributed by atoms with Gasteiger partial charge < -0.3 is 14.4 Å². The van der Waals surface area contributed by atoms with Crippen LogP contribution in [-0.2, 0) is 26.1 Å². The first-order valence-electron chi connectivity index (χ1n) is 12.0. The molecule has 0 spiro atoms. The second-order valence-electron chi connectivity index (χ2n) is 9.66. The Morgan fingerprint density at radius 3 is 2.67 bits per heavy atom. The lowest BCUT2D eigenvalue weighted by Crippen LogP contribution is -2.51. The van der Waals surface area contributed by atoms with Gasteiger partial charge in [0.25, 0.3) is 0 Å². The Bertz CT molecular complexity index is 1110. The molecule has 33 heavy (non-hydrogen) atoms. The van der Waals surface area contributed by atoms with Crippen molar-refractivity contribution in [3.63, 3.8) is 0 Å². The number of ether oxygens (including phenoxy) is 2. The number of aromatic nitrogens is 2. The van der Waals surface area contributed by atoms with E-state index >= 15 is 0 Å². The molecule has 1 atom stereocenters. The lowest BCUT2D eigenvalue weighted by molar-refractivity contribution is -0.141. The second kappa shape index (κ2) is 9.27. The van der Waals surface area contributed by atoms with Gasteiger partial charge in [-0.25, -0.2) is 4.52 Å². The van der Waals surface area contributed by atoms with E-state index in [0.717, 1.165) is 30.3 Å². The maximum Gasteiger partial charge on any atom is 0.233 e. The van der Waals surface area contributed by atoms with Crippen LogP contribution in [0.15, 0.2) is 48.8 Å². The fourth-order valence-electron chi connectivity index (χ4n) is 5.58. The minimum Gasteiger partial charge on any atom is -0.381 e. The van der Waals surface area contributed by atoms with Crippen LogP contribution in [-0.4, -0.2) is 59.9 Å². The smallest absolute Gasteiger partial charge is 0.233 e. The lowest BCUT2D eigenvalue weighted by Gasteiger charge is -2.40. The summed E-state index contributed by atoms with van der Waals surface area (Å²) in [7, 11) is 0. The molecule has 2 saturated heterocycles. The third-order valence-electron chi connectivity index (χ3n) is 7.19. The van der Waals surface area contributed by atoms with E-state index in [4.69, 9.17) is 9.47 Å². The number of amides is 1. The van der Waals surface area contributed by atoms with Crippen LogP contribution in [0.5, 0.6) is 0 Å². The summed E-state index contributed by atoms with van der Waals surface area (Å²) in [4.78, 5) is 16.3. The molecule has 2 aliphatic heterocycles. The molecule has 0 aliphatic carbocycles. The zero-order chi connectivity index (χ0) is 22.8. The number of rotatable bonds is 4. The van der Waals surface area contributed by atoms with Crippen molar-refractivity contribution in [2.24, 2.45) is 5.92 Å². The van der Waals surface area contributed by atoms with Crippen LogP contribution in [0.1, 0.15) is 35.1 Å². The van der Waals surface area contributed by atoms with E-state index in [2.05, 4.69) is 48.1 Å². The van der Waals surface area contributed by atoms with Gasteiger partial charge >= 0.3 is 0 Å². The Labute approximate surface area is 195 Å². The topological polar surface area (TPSA) is 56.1 Å². The van der Waals surface area contributed by atoms with Gasteiger partial charge in [0.1, 0.15) is 0 Å². The zero-order valence-corrected chi connectivity index (χ0v) is 19.6. The number of hydrogen-bond acceptors (Lipinski definition) is 4. The highest BCUT2D eigenvalue weighted by molar-refractivity contribution is 5.88. The van der Waals surface area contributed by atoms with E-state index in [-0.39, 0.29) is 11.8 Å². The van der Waals surface area contributed by atoms with Gasteiger partial charge in [-0.2, -0.15) is 5.10 Å². The fourth-order valence-corrected chi connectivity index (χ4v) is 5.58. The SMILES string of the molecule is Cc1cc(C)cc(C2(C(=O)N3CCOCC(Cc4cccn5nccc45)C3)CCOCC2)c1. The van der Waals surface area contributed by atoms with Crippen LogP contribution in [0.4, 0.5) is 0 Å². The predicted molar refractivity (Wildman–Crippen MR) is 127 cm³/mol. The van der Waals surface area contributed by atoms with Crippen molar-refractivity contribution in [2.75, 3.05) is 39.5 Å². The normalized spacial score (nSPS) is 21.2. The van der Waals surface area contributed by atoms with Crippen molar-refractivity contribution in [1.82, 2.24) is 14.5 Å². The van der Waals surface area contributed by atoms with Crippen molar-refractivity contribution in [1.29, 1.82) is 0 Å². The maximum absolute atomic E-state index is 14.2. The molecule has 1 aromatic carbocycles. The molecule has 1 unspecified atom stereocenters. The highest BCUT2D eigenvalue weighted by atomic mass is 16.5. The van der Waals surface area contributed by atoms with Crippen molar-refractivity contribution in [3.8, 4) is 0 Å². The summed E-state index contributed by atoms with van der Waals surface area (Å²) >= 11 is 0. The lowest BCUT2D eigenvalue weighted by atomic mass is 9.72. The molecule has 6 heteroatoms. The predicted octanol–water partition coefficient (Wildman–Crippen LogP) is 3.72. The van der Waals surface area contributed by atoms with Crippen LogP contribution in [0.25, 0.3) is 5.52 Å². The Morgan fingerprint density at radius 1 is 1.09 bits per heavy atom. The molecule has 4 heterocycles. The van der Waals surface area contributed by atoms with Crippen molar-refractivity contribution in [3.05, 3.63) is 71.0 Å². The summed E-state index contributed by atoms with van der Waals surface area (Å²) in [5.74, 6) is 0.475. The number of pyridine rings is 1. The Morgan fingerprint density at radius 2 is 1.88 bits per heavy atom. The molecule has 0 N–H and O–H groups in total. The van der Waals surface area contributed by atoms with E-state index < -0.39 is 5.41 Å². The number of carbonyl (C=O) groups is 1. The molecule has 3 aromatic rings. The first kappa shape index (κ1) is 22.1. The Hall–Kier alpha value is -2.70. The molecule has 2 aliphatic rings. The van der Waals surface area contributed by atoms with E-state index in [1.807, 2.05) is 29.0 Å². The standard InChI is InChI=1S/C27H33N3O3/c1-20-14-21(2)16-24(15-20)27(6-11-32-12-7-27)26(31)29-10-13-33-19-22(18-29)17-23-4-3-9-30-25(23)5-8-28-30/h3-5,8-9,14-16,22H,6-7,10-13,17-19H2,1-2H3. The molecule has 2 aromatic heterocycles. The monoisotopic (exact) mass is 447 g/mol. The fraction of sp³-hybridized carbons (Fsp3) is 0.481. The maximum atomic E-state index is 14.2. The third kappa shape index (κ3) is 4.42. The van der Waals surface area contributed by atoms with Crippen molar-refractivity contribution >= 4 is 11.4 Å². The summed E-state index contributed by atoms with van der Waals surface area (Å²) in [5, 5.41) is 4.36. The molecule has 0 saturated carbocycles. The first-order chi connectivity index (χ1) is 16.0. The van der Waals surface area contributed by atoms with Crippen molar-refractivity contribution in [2.45, 2.75) is 38.5 Å². The van der Waals surface area contributed by atoms with E-state index in [1.165, 1.54) is 16.7 Å². The molecule has 174 valence electrons. The van der Waals surface area contributed by atoms with Crippen LogP contribution < -0.4 is 0 Å². The Kier molecular flexibility index (Phi) is 6.21. The van der Waals surface area contributed by atoms with Crippen LogP contribution in [0, 0.1) is 19.8 Å². The largest absolute Gasteiger partial charge is 0.381 e. The number of fused-ring (bicyclic) bond motifs is 1. The summed E-state index contributed by atoms with van der Waals surface area (Å²) in [6, 6.07) is 12.8. The highest BCUT2D eigenvalue weighted by Gasteiger charge is 2.44. The number of hydrogen-bond donors (Lipinski definition) is 0. The zero-order valence-electron chi connectivity index (χ0n) is 19.6. The Balaban J connectivity index is 1.42. The molecule has 0 radical (unpaired) electrons. The van der Waals surface area contributed by atoms with Crippen molar-refractivity contribution < 1.29 is 14.3 Å². The van der Waals surface area contributed by atoms with E-state index in [0.29, 0.717) is 39.5 Å². The molecular weight excluding hydrogens is 414 g/mol. The van der Waals surface area contributed by atoms with Crippen LogP contribution in [0.3, 0.4) is 0 Å². The molecule has 0 bridgehead atoms.